The Kier molecular flexibility index (Phi) is 7.22. The minimum absolute atomic E-state index is 0. The van der Waals surface area contributed by atoms with Crippen molar-refractivity contribution in [1.82, 2.24) is 15.2 Å². The first-order chi connectivity index (χ1) is 9.11. The lowest BCUT2D eigenvalue weighted by molar-refractivity contribution is 0.584. The number of guanidine groups is 1. The number of aliphatic imine (C=N–C) groups is 1. The van der Waals surface area contributed by atoms with Gasteiger partial charge in [0.25, 0.3) is 0 Å². The molecule has 4 nitrogen and oxygen atoms in total. The van der Waals surface area contributed by atoms with Gasteiger partial charge in [-0.3, -0.25) is 4.99 Å². The van der Waals surface area contributed by atoms with E-state index >= 15 is 0 Å². The van der Waals surface area contributed by atoms with E-state index in [1.165, 1.54) is 24.2 Å². The van der Waals surface area contributed by atoms with Crippen molar-refractivity contribution in [3.05, 3.63) is 24.0 Å². The molecule has 2 rings (SSSR count). The van der Waals surface area contributed by atoms with E-state index in [1.807, 2.05) is 14.1 Å². The van der Waals surface area contributed by atoms with Crippen LogP contribution in [0.1, 0.15) is 25.3 Å². The normalized spacial score (nSPS) is 22.4. The maximum atomic E-state index is 4.28. The van der Waals surface area contributed by atoms with Gasteiger partial charge in [-0.1, -0.05) is 0 Å². The second kappa shape index (κ2) is 8.17. The number of nitrogens with one attached hydrogen (secondary N) is 2. The van der Waals surface area contributed by atoms with Crippen LogP contribution in [-0.4, -0.2) is 34.6 Å². The molecule has 20 heavy (non-hydrogen) atoms. The van der Waals surface area contributed by atoms with Gasteiger partial charge in [0.05, 0.1) is 0 Å². The molecule has 1 unspecified atom stereocenters. The van der Waals surface area contributed by atoms with Crippen molar-refractivity contribution in [2.75, 3.05) is 19.3 Å². The average molecular weight is 408 g/mol. The Morgan fingerprint density at radius 2 is 2.30 bits per heavy atom. The van der Waals surface area contributed by atoms with E-state index < -0.39 is 0 Å². The number of hydrogen-bond acceptors (Lipinski definition) is 2. The van der Waals surface area contributed by atoms with E-state index in [0.717, 1.165) is 19.0 Å². The van der Waals surface area contributed by atoms with Crippen molar-refractivity contribution >= 4 is 41.7 Å². The fraction of sp³-hybridized carbons (Fsp3) is 0.643. The minimum atomic E-state index is 0. The molecule has 6 heteroatoms. The summed E-state index contributed by atoms with van der Waals surface area (Å²) in [6.07, 6.45) is 6.80. The fourth-order valence-corrected chi connectivity index (χ4v) is 3.56. The van der Waals surface area contributed by atoms with Crippen LogP contribution in [0.3, 0.4) is 0 Å². The molecule has 0 amide bonds. The zero-order chi connectivity index (χ0) is 13.7. The van der Waals surface area contributed by atoms with E-state index in [2.05, 4.69) is 57.3 Å². The van der Waals surface area contributed by atoms with Crippen molar-refractivity contribution in [3.8, 4) is 0 Å². The summed E-state index contributed by atoms with van der Waals surface area (Å²) in [5.41, 5.74) is 1.27. The Bertz CT molecular complexity index is 438. The van der Waals surface area contributed by atoms with Crippen LogP contribution in [0.5, 0.6) is 0 Å². The molecule has 1 fully saturated rings. The number of aryl methyl sites for hydroxylation is 1. The predicted octanol–water partition coefficient (Wildman–Crippen LogP) is 2.59. The van der Waals surface area contributed by atoms with Crippen molar-refractivity contribution < 1.29 is 0 Å². The van der Waals surface area contributed by atoms with E-state index in [0.29, 0.717) is 4.75 Å². The summed E-state index contributed by atoms with van der Waals surface area (Å²) < 4.78 is 2.42. The zero-order valence-electron chi connectivity index (χ0n) is 12.5. The van der Waals surface area contributed by atoms with Crippen LogP contribution in [0.4, 0.5) is 0 Å². The molecule has 0 spiro atoms. The van der Waals surface area contributed by atoms with Crippen LogP contribution < -0.4 is 10.6 Å². The molecule has 1 aliphatic rings. The van der Waals surface area contributed by atoms with Gasteiger partial charge in [0, 0.05) is 44.3 Å². The highest BCUT2D eigenvalue weighted by atomic mass is 127. The summed E-state index contributed by atoms with van der Waals surface area (Å²) in [5.74, 6) is 2.17. The third kappa shape index (κ3) is 5.20. The Labute approximate surface area is 143 Å². The number of halogens is 1. The second-order valence-corrected chi connectivity index (χ2v) is 7.05. The highest BCUT2D eigenvalue weighted by Crippen LogP contribution is 2.36. The van der Waals surface area contributed by atoms with Gasteiger partial charge in [0.1, 0.15) is 0 Å². The first-order valence-corrected chi connectivity index (χ1v) is 7.79. The largest absolute Gasteiger partial charge is 0.357 e. The summed E-state index contributed by atoms with van der Waals surface area (Å²) in [5, 5.41) is 6.80. The number of thioether (sulfide) groups is 1. The number of rotatable bonds is 4. The quantitative estimate of drug-likeness (QED) is 0.457. The van der Waals surface area contributed by atoms with Gasteiger partial charge < -0.3 is 15.2 Å². The van der Waals surface area contributed by atoms with E-state index in [4.69, 9.17) is 0 Å². The Morgan fingerprint density at radius 1 is 1.50 bits per heavy atom. The third-order valence-electron chi connectivity index (χ3n) is 3.51. The highest BCUT2D eigenvalue weighted by Gasteiger charge is 2.29. The molecule has 1 aromatic rings. The zero-order valence-corrected chi connectivity index (χ0v) is 15.6. The summed E-state index contributed by atoms with van der Waals surface area (Å²) in [6, 6.07) is 2.12. The van der Waals surface area contributed by atoms with Crippen molar-refractivity contribution in [2.45, 2.75) is 31.1 Å². The van der Waals surface area contributed by atoms with E-state index in [9.17, 15) is 0 Å². The lowest BCUT2D eigenvalue weighted by Gasteiger charge is -2.24. The average Bonchev–Trinajstić information content (AvgIpc) is 2.99. The second-order valence-electron chi connectivity index (χ2n) is 5.37. The van der Waals surface area contributed by atoms with Crippen molar-refractivity contribution in [3.63, 3.8) is 0 Å². The minimum Gasteiger partial charge on any atom is -0.357 e. The molecule has 2 N–H and O–H groups in total. The molecule has 0 saturated carbocycles. The first kappa shape index (κ1) is 17.7. The first-order valence-electron chi connectivity index (χ1n) is 6.81. The molecule has 1 saturated heterocycles. The molecular formula is C14H25IN4S. The van der Waals surface area contributed by atoms with Gasteiger partial charge in [0.2, 0.25) is 0 Å². The van der Waals surface area contributed by atoms with E-state index in [-0.39, 0.29) is 24.0 Å². The van der Waals surface area contributed by atoms with E-state index in [1.54, 1.807) is 0 Å². The van der Waals surface area contributed by atoms with Crippen LogP contribution >= 0.6 is 35.7 Å². The van der Waals surface area contributed by atoms with Crippen LogP contribution in [-0.2, 0) is 13.6 Å². The van der Waals surface area contributed by atoms with Crippen molar-refractivity contribution in [2.24, 2.45) is 12.0 Å². The van der Waals surface area contributed by atoms with Crippen LogP contribution in [0.2, 0.25) is 0 Å². The van der Waals surface area contributed by atoms with Crippen LogP contribution in [0.25, 0.3) is 0 Å². The highest BCUT2D eigenvalue weighted by molar-refractivity contribution is 14.0. The molecule has 1 atom stereocenters. The van der Waals surface area contributed by atoms with Gasteiger partial charge in [-0.15, -0.1) is 24.0 Å². The lowest BCUT2D eigenvalue weighted by atomic mass is 10.1. The summed E-state index contributed by atoms with van der Waals surface area (Å²) in [4.78, 5) is 4.28. The molecule has 2 heterocycles. The Balaban J connectivity index is 0.00000200. The molecule has 114 valence electrons. The molecule has 0 aromatic carbocycles. The Hall–Kier alpha value is -0.370. The summed E-state index contributed by atoms with van der Waals surface area (Å²) in [7, 11) is 3.86. The fourth-order valence-electron chi connectivity index (χ4n) is 2.32. The molecule has 0 aliphatic carbocycles. The number of nitrogens with zero attached hydrogens (tertiary/aromatic N) is 2. The molecule has 0 radical (unpaired) electrons. The molecular weight excluding hydrogens is 383 g/mol. The standard InChI is InChI=1S/C14H24N4S.HI/c1-14(6-4-8-19-14)11-17-13(15-2)16-9-12-5-7-18(3)10-12;/h5,7,10H,4,6,8-9,11H2,1-3H3,(H2,15,16,17);1H. The maximum Gasteiger partial charge on any atom is 0.191 e. The van der Waals surface area contributed by atoms with Crippen LogP contribution in [0, 0.1) is 0 Å². The SMILES string of the molecule is CN=C(NCc1ccn(C)c1)NCC1(C)CCCS1.I. The topological polar surface area (TPSA) is 41.4 Å². The van der Waals surface area contributed by atoms with Gasteiger partial charge in [0.15, 0.2) is 5.96 Å². The third-order valence-corrected chi connectivity index (χ3v) is 5.05. The van der Waals surface area contributed by atoms with Gasteiger partial charge >= 0.3 is 0 Å². The summed E-state index contributed by atoms with van der Waals surface area (Å²) in [6.45, 7) is 4.12. The molecule has 1 aliphatic heterocycles. The molecule has 0 bridgehead atoms. The van der Waals surface area contributed by atoms with Gasteiger partial charge in [-0.2, -0.15) is 11.8 Å². The Morgan fingerprint density at radius 3 is 2.85 bits per heavy atom. The molecule has 1 aromatic heterocycles. The number of hydrogen-bond donors (Lipinski definition) is 2. The summed E-state index contributed by atoms with van der Waals surface area (Å²) >= 11 is 2.07. The van der Waals surface area contributed by atoms with Gasteiger partial charge in [-0.05, 0) is 37.1 Å². The monoisotopic (exact) mass is 408 g/mol. The lowest BCUT2D eigenvalue weighted by Crippen LogP contribution is -2.43. The maximum absolute atomic E-state index is 4.28. The van der Waals surface area contributed by atoms with Crippen molar-refractivity contribution in [1.29, 1.82) is 0 Å². The smallest absolute Gasteiger partial charge is 0.191 e. The van der Waals surface area contributed by atoms with Crippen LogP contribution in [0.15, 0.2) is 23.5 Å². The van der Waals surface area contributed by atoms with Gasteiger partial charge in [-0.25, -0.2) is 0 Å². The predicted molar refractivity (Wildman–Crippen MR) is 99.1 cm³/mol. The number of aromatic nitrogens is 1.